The molecule has 1 heterocycles. The van der Waals surface area contributed by atoms with E-state index < -0.39 is 35.4 Å². The molecule has 3 rings (SSSR count). The van der Waals surface area contributed by atoms with Crippen LogP contribution in [0.3, 0.4) is 0 Å². The van der Waals surface area contributed by atoms with E-state index in [0.29, 0.717) is 0 Å². The van der Waals surface area contributed by atoms with Crippen LogP contribution in [0.25, 0.3) is 0 Å². The van der Waals surface area contributed by atoms with Gasteiger partial charge in [-0.3, -0.25) is 0 Å². The van der Waals surface area contributed by atoms with Gasteiger partial charge in [0.05, 0.1) is 51.1 Å². The first-order valence-electron chi connectivity index (χ1n) is 11.0. The van der Waals surface area contributed by atoms with E-state index in [0.717, 1.165) is 37.7 Å². The molecule has 0 radical (unpaired) electrons. The average molecular weight is 568 g/mol. The summed E-state index contributed by atoms with van der Waals surface area (Å²) >= 11 is 0.839. The summed E-state index contributed by atoms with van der Waals surface area (Å²) in [6, 6.07) is 3.49. The summed E-state index contributed by atoms with van der Waals surface area (Å²) in [6.45, 7) is -0.200. The van der Waals surface area contributed by atoms with E-state index in [4.69, 9.17) is 9.47 Å². The van der Waals surface area contributed by atoms with Crippen molar-refractivity contribution in [2.45, 2.75) is 6.54 Å². The molecule has 3 aromatic rings. The van der Waals surface area contributed by atoms with Crippen molar-refractivity contribution in [1.29, 1.82) is 0 Å². The van der Waals surface area contributed by atoms with Crippen LogP contribution in [0, 0.1) is 17.5 Å². The number of esters is 2. The number of nitrogens with zero attached hydrogens (tertiary/aromatic N) is 1. The first-order valence-corrected chi connectivity index (χ1v) is 11.9. The number of hydrogen-bond acceptors (Lipinski definition) is 9. The Labute approximate surface area is 225 Å². The molecule has 2 N–H and O–H groups in total. The molecule has 0 unspecified atom stereocenters. The zero-order chi connectivity index (χ0) is 28.9. The van der Waals surface area contributed by atoms with Gasteiger partial charge in [-0.25, -0.2) is 27.6 Å². The van der Waals surface area contributed by atoms with Gasteiger partial charge in [0.15, 0.2) is 17.5 Å². The number of amides is 2. The van der Waals surface area contributed by atoms with Crippen molar-refractivity contribution in [3.05, 3.63) is 63.1 Å². The van der Waals surface area contributed by atoms with Crippen LogP contribution in [0.2, 0.25) is 0 Å². The number of thiophene rings is 1. The van der Waals surface area contributed by atoms with E-state index in [1.54, 1.807) is 0 Å². The van der Waals surface area contributed by atoms with Crippen molar-refractivity contribution in [3.8, 4) is 11.5 Å². The minimum absolute atomic E-state index is 0.0465. The standard InChI is InChI=1S/C25H24F3N3O7S/c1-31(10-12-18(35-2)7-6-13(26)21(12)28)17-9-15(14(27)8-19(17)36-3)29-25(34)30-16-11-39-22(24(33)38-5)20(16)23(32)37-4/h6-9,11H,10H2,1-5H3,(H2,29,30,34). The molecule has 0 saturated heterocycles. The third-order valence-corrected chi connectivity index (χ3v) is 6.46. The first kappa shape index (κ1) is 29.1. The number of urea groups is 1. The van der Waals surface area contributed by atoms with Crippen molar-refractivity contribution < 1.29 is 46.5 Å². The zero-order valence-electron chi connectivity index (χ0n) is 21.4. The zero-order valence-corrected chi connectivity index (χ0v) is 22.3. The molecule has 0 aliphatic carbocycles. The third kappa shape index (κ3) is 6.17. The molecular formula is C25H24F3N3O7S. The van der Waals surface area contributed by atoms with Crippen molar-refractivity contribution >= 4 is 46.4 Å². The topological polar surface area (TPSA) is 115 Å². The Morgan fingerprint density at radius 1 is 0.872 bits per heavy atom. The summed E-state index contributed by atoms with van der Waals surface area (Å²) < 4.78 is 63.0. The van der Waals surface area contributed by atoms with Crippen LogP contribution in [-0.2, 0) is 16.0 Å². The number of ether oxygens (including phenoxy) is 4. The maximum absolute atomic E-state index is 14.9. The van der Waals surface area contributed by atoms with Crippen LogP contribution in [0.1, 0.15) is 25.6 Å². The highest BCUT2D eigenvalue weighted by atomic mass is 32.1. The second-order valence-electron chi connectivity index (χ2n) is 7.82. The molecule has 0 spiro atoms. The summed E-state index contributed by atoms with van der Waals surface area (Å²) in [7, 11) is 6.34. The van der Waals surface area contributed by atoms with Crippen molar-refractivity contribution in [2.24, 2.45) is 0 Å². The minimum Gasteiger partial charge on any atom is -0.496 e. The van der Waals surface area contributed by atoms with E-state index in [1.165, 1.54) is 43.7 Å². The third-order valence-electron chi connectivity index (χ3n) is 5.50. The maximum Gasteiger partial charge on any atom is 0.349 e. The molecule has 39 heavy (non-hydrogen) atoms. The van der Waals surface area contributed by atoms with E-state index in [9.17, 15) is 27.6 Å². The molecule has 0 atom stereocenters. The quantitative estimate of drug-likeness (QED) is 0.346. The second-order valence-corrected chi connectivity index (χ2v) is 8.70. The number of carbonyl (C=O) groups excluding carboxylic acids is 3. The van der Waals surface area contributed by atoms with E-state index in [1.807, 2.05) is 0 Å². The highest BCUT2D eigenvalue weighted by molar-refractivity contribution is 7.13. The highest BCUT2D eigenvalue weighted by Crippen LogP contribution is 2.36. The van der Waals surface area contributed by atoms with Crippen LogP contribution < -0.4 is 25.0 Å². The molecule has 0 fully saturated rings. The molecule has 208 valence electrons. The molecule has 14 heteroatoms. The van der Waals surface area contributed by atoms with Gasteiger partial charge in [-0.1, -0.05) is 0 Å². The van der Waals surface area contributed by atoms with Gasteiger partial charge in [0.25, 0.3) is 0 Å². The molecule has 2 aromatic carbocycles. The van der Waals surface area contributed by atoms with Crippen LogP contribution in [0.4, 0.5) is 35.0 Å². The lowest BCUT2D eigenvalue weighted by Gasteiger charge is -2.24. The fraction of sp³-hybridized carbons (Fsp3) is 0.240. The fourth-order valence-corrected chi connectivity index (χ4v) is 4.51. The number of methoxy groups -OCH3 is 4. The first-order chi connectivity index (χ1) is 18.6. The molecule has 10 nitrogen and oxygen atoms in total. The molecule has 0 bridgehead atoms. The average Bonchev–Trinajstić information content (AvgIpc) is 3.34. The van der Waals surface area contributed by atoms with Crippen molar-refractivity contribution in [3.63, 3.8) is 0 Å². The van der Waals surface area contributed by atoms with E-state index in [2.05, 4.69) is 20.1 Å². The maximum atomic E-state index is 14.9. The Kier molecular flexibility index (Phi) is 9.24. The van der Waals surface area contributed by atoms with Gasteiger partial charge in [0.1, 0.15) is 21.9 Å². The fourth-order valence-electron chi connectivity index (χ4n) is 3.61. The number of hydrogen-bond donors (Lipinski definition) is 2. The molecule has 1 aromatic heterocycles. The SMILES string of the molecule is COC(=O)c1scc(NC(=O)Nc2cc(N(C)Cc3c(OC)ccc(F)c3F)c(OC)cc2F)c1C(=O)OC. The minimum atomic E-state index is -1.11. The van der Waals surface area contributed by atoms with Gasteiger partial charge >= 0.3 is 18.0 Å². The smallest absolute Gasteiger partial charge is 0.349 e. The van der Waals surface area contributed by atoms with Gasteiger partial charge in [0.2, 0.25) is 0 Å². The Morgan fingerprint density at radius 3 is 2.13 bits per heavy atom. The summed E-state index contributed by atoms with van der Waals surface area (Å²) in [5.74, 6) is -4.61. The molecule has 0 saturated carbocycles. The lowest BCUT2D eigenvalue weighted by Crippen LogP contribution is -2.23. The van der Waals surface area contributed by atoms with Crippen molar-refractivity contribution in [2.75, 3.05) is 51.0 Å². The largest absolute Gasteiger partial charge is 0.496 e. The van der Waals surface area contributed by atoms with Crippen LogP contribution >= 0.6 is 11.3 Å². The normalized spacial score (nSPS) is 10.5. The molecule has 0 aliphatic heterocycles. The Bertz CT molecular complexity index is 1410. The van der Waals surface area contributed by atoms with Crippen LogP contribution in [-0.4, -0.2) is 53.5 Å². The highest BCUT2D eigenvalue weighted by Gasteiger charge is 2.27. The van der Waals surface area contributed by atoms with Crippen LogP contribution in [0.15, 0.2) is 29.6 Å². The number of carbonyl (C=O) groups is 3. The van der Waals surface area contributed by atoms with Gasteiger partial charge in [-0.2, -0.15) is 0 Å². The van der Waals surface area contributed by atoms with E-state index in [-0.39, 0.29) is 51.1 Å². The second kappa shape index (κ2) is 12.4. The van der Waals surface area contributed by atoms with Gasteiger partial charge < -0.3 is 34.5 Å². The number of nitrogens with one attached hydrogen (secondary N) is 2. The van der Waals surface area contributed by atoms with Gasteiger partial charge in [-0.05, 0) is 18.2 Å². The summed E-state index contributed by atoms with van der Waals surface area (Å²) in [5, 5.41) is 6.02. The van der Waals surface area contributed by atoms with Crippen LogP contribution in [0.5, 0.6) is 11.5 Å². The summed E-state index contributed by atoms with van der Waals surface area (Å²) in [4.78, 5) is 38.3. The van der Waals surface area contributed by atoms with Gasteiger partial charge in [-0.15, -0.1) is 11.3 Å². The number of rotatable bonds is 9. The predicted octanol–water partition coefficient (Wildman–Crippen LogP) is 5.04. The monoisotopic (exact) mass is 567 g/mol. The summed E-state index contributed by atoms with van der Waals surface area (Å²) in [5.41, 5.74) is -0.466. The lowest BCUT2D eigenvalue weighted by atomic mass is 10.1. The number of anilines is 3. The number of benzene rings is 2. The molecule has 2 amide bonds. The molecular weight excluding hydrogens is 543 g/mol. The van der Waals surface area contributed by atoms with Gasteiger partial charge in [0, 0.05) is 25.0 Å². The lowest BCUT2D eigenvalue weighted by molar-refractivity contribution is 0.0561. The Morgan fingerprint density at radius 2 is 1.51 bits per heavy atom. The van der Waals surface area contributed by atoms with Crippen molar-refractivity contribution in [1.82, 2.24) is 0 Å². The Hall–Kier alpha value is -4.46. The Balaban J connectivity index is 1.90. The number of halogens is 3. The molecule has 0 aliphatic rings. The van der Waals surface area contributed by atoms with E-state index >= 15 is 0 Å². The summed E-state index contributed by atoms with van der Waals surface area (Å²) in [6.07, 6.45) is 0. The predicted molar refractivity (Wildman–Crippen MR) is 138 cm³/mol.